The summed E-state index contributed by atoms with van der Waals surface area (Å²) in [4.78, 5) is 7.08. The molecule has 1 aliphatic rings. The van der Waals surface area contributed by atoms with E-state index in [0.717, 1.165) is 45.0 Å². The van der Waals surface area contributed by atoms with E-state index in [9.17, 15) is 0 Å². The van der Waals surface area contributed by atoms with Crippen LogP contribution in [0.3, 0.4) is 0 Å². The second kappa shape index (κ2) is 7.90. The van der Waals surface area contributed by atoms with E-state index in [2.05, 4.69) is 52.6 Å². The van der Waals surface area contributed by atoms with E-state index in [-0.39, 0.29) is 0 Å². The van der Waals surface area contributed by atoms with Gasteiger partial charge in [-0.05, 0) is 37.0 Å². The molecular weight excluding hydrogens is 300 g/mol. The molecule has 0 fully saturated rings. The van der Waals surface area contributed by atoms with Crippen LogP contribution < -0.4 is 0 Å². The SMILES string of the molecule is Cc1cccnc1CN1Cc2ccnn2CCC1COCC(C)C. The second-order valence-electron chi connectivity index (χ2n) is 7.09. The van der Waals surface area contributed by atoms with Gasteiger partial charge in [-0.15, -0.1) is 0 Å². The molecule has 3 rings (SSSR count). The van der Waals surface area contributed by atoms with Crippen molar-refractivity contribution < 1.29 is 4.74 Å². The number of pyridine rings is 1. The van der Waals surface area contributed by atoms with E-state index in [1.54, 1.807) is 0 Å². The Hall–Kier alpha value is -1.72. The van der Waals surface area contributed by atoms with Crippen molar-refractivity contribution in [2.75, 3.05) is 13.2 Å². The highest BCUT2D eigenvalue weighted by molar-refractivity contribution is 5.18. The lowest BCUT2D eigenvalue weighted by Gasteiger charge is -2.29. The third kappa shape index (κ3) is 4.22. The smallest absolute Gasteiger partial charge is 0.0622 e. The molecule has 5 heteroatoms. The summed E-state index contributed by atoms with van der Waals surface area (Å²) in [6.45, 7) is 10.8. The molecule has 1 unspecified atom stereocenters. The highest BCUT2D eigenvalue weighted by atomic mass is 16.5. The lowest BCUT2D eigenvalue weighted by molar-refractivity contribution is 0.0376. The molecule has 1 atom stereocenters. The average molecular weight is 328 g/mol. The van der Waals surface area contributed by atoms with Crippen LogP contribution in [0.2, 0.25) is 0 Å². The molecule has 2 aromatic rings. The molecule has 0 saturated carbocycles. The van der Waals surface area contributed by atoms with E-state index in [0.29, 0.717) is 12.0 Å². The number of nitrogens with zero attached hydrogens (tertiary/aromatic N) is 4. The molecule has 0 saturated heterocycles. The van der Waals surface area contributed by atoms with Crippen LogP contribution in [0.4, 0.5) is 0 Å². The van der Waals surface area contributed by atoms with Crippen molar-refractivity contribution in [3.63, 3.8) is 0 Å². The van der Waals surface area contributed by atoms with E-state index in [1.807, 2.05) is 18.5 Å². The topological polar surface area (TPSA) is 43.2 Å². The standard InChI is InChI=1S/C19H28N4O/c1-15(2)13-24-14-18-7-10-23-17(6-9-21-23)11-22(18)12-19-16(3)5-4-8-20-19/h4-6,8-9,15,18H,7,10-14H2,1-3H3. The fourth-order valence-corrected chi connectivity index (χ4v) is 3.18. The zero-order chi connectivity index (χ0) is 16.9. The predicted molar refractivity (Wildman–Crippen MR) is 94.5 cm³/mol. The lowest BCUT2D eigenvalue weighted by Crippen LogP contribution is -2.37. The lowest BCUT2D eigenvalue weighted by atomic mass is 10.1. The highest BCUT2D eigenvalue weighted by Gasteiger charge is 2.25. The molecule has 0 radical (unpaired) electrons. The summed E-state index contributed by atoms with van der Waals surface area (Å²) in [7, 11) is 0. The number of aryl methyl sites for hydroxylation is 2. The van der Waals surface area contributed by atoms with Gasteiger partial charge in [-0.2, -0.15) is 5.10 Å². The first-order valence-electron chi connectivity index (χ1n) is 8.86. The van der Waals surface area contributed by atoms with Crippen molar-refractivity contribution in [1.29, 1.82) is 0 Å². The molecule has 3 heterocycles. The van der Waals surface area contributed by atoms with Crippen LogP contribution in [0.25, 0.3) is 0 Å². The Morgan fingerprint density at radius 1 is 1.29 bits per heavy atom. The van der Waals surface area contributed by atoms with Gasteiger partial charge >= 0.3 is 0 Å². The minimum absolute atomic E-state index is 0.395. The highest BCUT2D eigenvalue weighted by Crippen LogP contribution is 2.21. The normalized spacial score (nSPS) is 18.6. The molecule has 130 valence electrons. The summed E-state index contributed by atoms with van der Waals surface area (Å²) in [6.07, 6.45) is 4.84. The van der Waals surface area contributed by atoms with Gasteiger partial charge in [0.05, 0.1) is 18.0 Å². The third-order valence-corrected chi connectivity index (χ3v) is 4.59. The predicted octanol–water partition coefficient (Wildman–Crippen LogP) is 3.03. The molecule has 2 aromatic heterocycles. The molecule has 0 N–H and O–H groups in total. The van der Waals surface area contributed by atoms with Crippen LogP contribution in [0.15, 0.2) is 30.6 Å². The van der Waals surface area contributed by atoms with Gasteiger partial charge < -0.3 is 4.74 Å². The molecule has 0 aliphatic carbocycles. The third-order valence-electron chi connectivity index (χ3n) is 4.59. The first-order chi connectivity index (χ1) is 11.6. The van der Waals surface area contributed by atoms with Crippen LogP contribution in [0, 0.1) is 12.8 Å². The maximum atomic E-state index is 5.97. The van der Waals surface area contributed by atoms with Crippen LogP contribution in [0.5, 0.6) is 0 Å². The maximum Gasteiger partial charge on any atom is 0.0622 e. The van der Waals surface area contributed by atoms with Gasteiger partial charge in [0.1, 0.15) is 0 Å². The largest absolute Gasteiger partial charge is 0.380 e. The average Bonchev–Trinajstić information content (AvgIpc) is 2.92. The number of hydrogen-bond acceptors (Lipinski definition) is 4. The maximum absolute atomic E-state index is 5.97. The van der Waals surface area contributed by atoms with E-state index in [1.165, 1.54) is 11.3 Å². The molecule has 5 nitrogen and oxygen atoms in total. The molecule has 1 aliphatic heterocycles. The van der Waals surface area contributed by atoms with Crippen molar-refractivity contribution >= 4 is 0 Å². The first-order valence-corrected chi connectivity index (χ1v) is 8.86. The van der Waals surface area contributed by atoms with Crippen molar-refractivity contribution in [1.82, 2.24) is 19.7 Å². The molecule has 0 aromatic carbocycles. The fraction of sp³-hybridized carbons (Fsp3) is 0.579. The van der Waals surface area contributed by atoms with Gasteiger partial charge in [0.25, 0.3) is 0 Å². The molecule has 24 heavy (non-hydrogen) atoms. The monoisotopic (exact) mass is 328 g/mol. The zero-order valence-corrected chi connectivity index (χ0v) is 15.0. The van der Waals surface area contributed by atoms with Crippen LogP contribution in [-0.2, 0) is 24.4 Å². The quantitative estimate of drug-likeness (QED) is 0.817. The minimum Gasteiger partial charge on any atom is -0.380 e. The van der Waals surface area contributed by atoms with Gasteiger partial charge in [0, 0.05) is 44.7 Å². The van der Waals surface area contributed by atoms with Crippen LogP contribution >= 0.6 is 0 Å². The second-order valence-corrected chi connectivity index (χ2v) is 7.09. The summed E-state index contributed by atoms with van der Waals surface area (Å²) in [5, 5.41) is 4.45. The zero-order valence-electron chi connectivity index (χ0n) is 15.0. The van der Waals surface area contributed by atoms with E-state index in [4.69, 9.17) is 4.74 Å². The molecule has 0 spiro atoms. The van der Waals surface area contributed by atoms with Gasteiger partial charge in [0.15, 0.2) is 0 Å². The number of fused-ring (bicyclic) bond motifs is 1. The Labute approximate surface area is 144 Å². The minimum atomic E-state index is 0.395. The Morgan fingerprint density at radius 3 is 2.96 bits per heavy atom. The Kier molecular flexibility index (Phi) is 5.63. The number of rotatable bonds is 6. The van der Waals surface area contributed by atoms with Crippen molar-refractivity contribution in [2.45, 2.75) is 52.9 Å². The number of hydrogen-bond donors (Lipinski definition) is 0. The van der Waals surface area contributed by atoms with Crippen LogP contribution in [0.1, 0.15) is 37.2 Å². The summed E-state index contributed by atoms with van der Waals surface area (Å²) in [6, 6.07) is 6.65. The molecule has 0 amide bonds. The Balaban J connectivity index is 1.75. The van der Waals surface area contributed by atoms with Gasteiger partial charge in [-0.25, -0.2) is 0 Å². The van der Waals surface area contributed by atoms with Crippen molar-refractivity contribution in [2.24, 2.45) is 5.92 Å². The molecule has 0 bridgehead atoms. The Morgan fingerprint density at radius 2 is 2.17 bits per heavy atom. The van der Waals surface area contributed by atoms with E-state index < -0.39 is 0 Å². The van der Waals surface area contributed by atoms with Crippen molar-refractivity contribution in [3.8, 4) is 0 Å². The summed E-state index contributed by atoms with van der Waals surface area (Å²) in [5.41, 5.74) is 3.67. The van der Waals surface area contributed by atoms with Crippen molar-refractivity contribution in [3.05, 3.63) is 47.5 Å². The van der Waals surface area contributed by atoms with E-state index >= 15 is 0 Å². The summed E-state index contributed by atoms with van der Waals surface area (Å²) >= 11 is 0. The summed E-state index contributed by atoms with van der Waals surface area (Å²) < 4.78 is 8.10. The van der Waals surface area contributed by atoms with Gasteiger partial charge in [-0.3, -0.25) is 14.6 Å². The summed E-state index contributed by atoms with van der Waals surface area (Å²) in [5.74, 6) is 0.567. The number of aromatic nitrogens is 3. The number of ether oxygens (including phenoxy) is 1. The van der Waals surface area contributed by atoms with Gasteiger partial charge in [0.2, 0.25) is 0 Å². The fourth-order valence-electron chi connectivity index (χ4n) is 3.18. The Bertz CT molecular complexity index is 652. The first kappa shape index (κ1) is 17.1. The van der Waals surface area contributed by atoms with Crippen LogP contribution in [-0.4, -0.2) is 38.9 Å². The van der Waals surface area contributed by atoms with Gasteiger partial charge in [-0.1, -0.05) is 19.9 Å². The molecular formula is C19H28N4O.